The van der Waals surface area contributed by atoms with Gasteiger partial charge in [-0.25, -0.2) is 9.97 Å². The van der Waals surface area contributed by atoms with Gasteiger partial charge in [0.05, 0.1) is 5.69 Å². The van der Waals surface area contributed by atoms with Crippen LogP contribution in [0.25, 0.3) is 0 Å². The Kier molecular flexibility index (Phi) is 2.99. The van der Waals surface area contributed by atoms with Gasteiger partial charge < -0.3 is 10.6 Å². The monoisotopic (exact) mass is 231 g/mol. The molecular weight excluding hydrogens is 214 g/mol. The molecular formula is C12H17N5. The Morgan fingerprint density at radius 3 is 2.76 bits per heavy atom. The lowest BCUT2D eigenvalue weighted by Crippen LogP contribution is -2.31. The van der Waals surface area contributed by atoms with Crippen LogP contribution in [0.1, 0.15) is 37.9 Å². The van der Waals surface area contributed by atoms with Gasteiger partial charge in [-0.2, -0.15) is 5.26 Å². The van der Waals surface area contributed by atoms with Crippen molar-refractivity contribution in [1.29, 1.82) is 5.26 Å². The van der Waals surface area contributed by atoms with Crippen molar-refractivity contribution in [3.05, 3.63) is 17.1 Å². The summed E-state index contributed by atoms with van der Waals surface area (Å²) >= 11 is 0. The number of aromatic nitrogens is 2. The van der Waals surface area contributed by atoms with Crippen molar-refractivity contribution in [1.82, 2.24) is 15.3 Å². The lowest BCUT2D eigenvalue weighted by Gasteiger charge is -2.26. The quantitative estimate of drug-likeness (QED) is 0.760. The van der Waals surface area contributed by atoms with Crippen LogP contribution in [0, 0.1) is 11.3 Å². The number of hydrogen-bond acceptors (Lipinski definition) is 5. The van der Waals surface area contributed by atoms with E-state index < -0.39 is 0 Å². The zero-order chi connectivity index (χ0) is 12.5. The molecule has 5 nitrogen and oxygen atoms in total. The molecule has 2 N–H and O–H groups in total. The SMILES string of the molecule is CC(C)(C)Nc1nc(C#N)nc2c1CNCC2. The number of anilines is 1. The van der Waals surface area contributed by atoms with Crippen LogP contribution in [0.4, 0.5) is 5.82 Å². The van der Waals surface area contributed by atoms with Gasteiger partial charge in [0.2, 0.25) is 5.82 Å². The first-order chi connectivity index (χ1) is 7.99. The van der Waals surface area contributed by atoms with Crippen LogP contribution >= 0.6 is 0 Å². The average Bonchev–Trinajstić information content (AvgIpc) is 2.26. The fourth-order valence-electron chi connectivity index (χ4n) is 1.85. The van der Waals surface area contributed by atoms with Gasteiger partial charge in [0.25, 0.3) is 0 Å². The third-order valence-corrected chi connectivity index (χ3v) is 2.53. The Balaban J connectivity index is 2.45. The molecule has 2 heterocycles. The molecule has 0 aromatic carbocycles. The lowest BCUT2D eigenvalue weighted by molar-refractivity contribution is 0.604. The van der Waals surface area contributed by atoms with Gasteiger partial charge in [0.15, 0.2) is 0 Å². The summed E-state index contributed by atoms with van der Waals surface area (Å²) in [7, 11) is 0. The minimum absolute atomic E-state index is 0.0771. The van der Waals surface area contributed by atoms with E-state index in [9.17, 15) is 0 Å². The lowest BCUT2D eigenvalue weighted by atomic mass is 10.1. The maximum Gasteiger partial charge on any atom is 0.234 e. The molecule has 1 aliphatic heterocycles. The fraction of sp³-hybridized carbons (Fsp3) is 0.583. The summed E-state index contributed by atoms with van der Waals surface area (Å²) < 4.78 is 0. The van der Waals surface area contributed by atoms with Gasteiger partial charge in [0, 0.05) is 30.6 Å². The molecule has 0 amide bonds. The molecule has 1 aromatic rings. The molecule has 1 aromatic heterocycles. The van der Waals surface area contributed by atoms with Gasteiger partial charge in [0.1, 0.15) is 11.9 Å². The summed E-state index contributed by atoms with van der Waals surface area (Å²) in [5, 5.41) is 15.6. The van der Waals surface area contributed by atoms with Crippen molar-refractivity contribution >= 4 is 5.82 Å². The number of nitriles is 1. The summed E-state index contributed by atoms with van der Waals surface area (Å²) in [6, 6.07) is 2.02. The summed E-state index contributed by atoms with van der Waals surface area (Å²) in [5.74, 6) is 1.03. The van der Waals surface area contributed by atoms with Crippen LogP contribution in [-0.4, -0.2) is 22.1 Å². The first kappa shape index (κ1) is 11.8. The molecule has 1 aliphatic rings. The number of rotatable bonds is 1. The first-order valence-electron chi connectivity index (χ1n) is 5.78. The fourth-order valence-corrected chi connectivity index (χ4v) is 1.85. The van der Waals surface area contributed by atoms with Crippen LogP contribution < -0.4 is 10.6 Å². The number of fused-ring (bicyclic) bond motifs is 1. The van der Waals surface area contributed by atoms with Crippen LogP contribution in [0.2, 0.25) is 0 Å². The standard InChI is InChI=1S/C12H17N5/c1-12(2,3)17-11-8-7-14-5-4-9(8)15-10(6-13)16-11/h14H,4-5,7H2,1-3H3,(H,15,16,17). The van der Waals surface area contributed by atoms with Crippen molar-refractivity contribution in [2.24, 2.45) is 0 Å². The van der Waals surface area contributed by atoms with Gasteiger partial charge >= 0.3 is 0 Å². The van der Waals surface area contributed by atoms with Gasteiger partial charge in [-0.3, -0.25) is 0 Å². The van der Waals surface area contributed by atoms with Gasteiger partial charge in [-0.05, 0) is 20.8 Å². The second kappa shape index (κ2) is 4.30. The highest BCUT2D eigenvalue weighted by molar-refractivity contribution is 5.50. The number of hydrogen-bond donors (Lipinski definition) is 2. The Morgan fingerprint density at radius 2 is 2.12 bits per heavy atom. The third kappa shape index (κ3) is 2.71. The van der Waals surface area contributed by atoms with E-state index in [0.717, 1.165) is 36.6 Å². The molecule has 17 heavy (non-hydrogen) atoms. The van der Waals surface area contributed by atoms with Gasteiger partial charge in [-0.15, -0.1) is 0 Å². The average molecular weight is 231 g/mol. The van der Waals surface area contributed by atoms with Crippen LogP contribution in [-0.2, 0) is 13.0 Å². The van der Waals surface area contributed by atoms with Crippen molar-refractivity contribution in [3.8, 4) is 6.07 Å². The molecule has 0 unspecified atom stereocenters. The second-order valence-corrected chi connectivity index (χ2v) is 5.23. The Hall–Kier alpha value is -1.67. The number of nitrogens with one attached hydrogen (secondary N) is 2. The summed E-state index contributed by atoms with van der Waals surface area (Å²) in [6.07, 6.45) is 0.853. The largest absolute Gasteiger partial charge is 0.365 e. The van der Waals surface area contributed by atoms with Crippen molar-refractivity contribution in [2.75, 3.05) is 11.9 Å². The van der Waals surface area contributed by atoms with E-state index in [1.54, 1.807) is 0 Å². The van der Waals surface area contributed by atoms with E-state index in [0.29, 0.717) is 0 Å². The van der Waals surface area contributed by atoms with E-state index in [1.807, 2.05) is 6.07 Å². The smallest absolute Gasteiger partial charge is 0.234 e. The third-order valence-electron chi connectivity index (χ3n) is 2.53. The van der Waals surface area contributed by atoms with Crippen molar-refractivity contribution in [3.63, 3.8) is 0 Å². The molecule has 90 valence electrons. The van der Waals surface area contributed by atoms with Crippen LogP contribution in [0.3, 0.4) is 0 Å². The Labute approximate surface area is 101 Å². The van der Waals surface area contributed by atoms with Crippen LogP contribution in [0.15, 0.2) is 0 Å². The molecule has 5 heteroatoms. The minimum atomic E-state index is -0.0771. The van der Waals surface area contributed by atoms with Crippen molar-refractivity contribution in [2.45, 2.75) is 39.3 Å². The molecule has 0 spiro atoms. The van der Waals surface area contributed by atoms with Crippen LogP contribution in [0.5, 0.6) is 0 Å². The molecule has 0 radical (unpaired) electrons. The Bertz CT molecular complexity index is 467. The zero-order valence-electron chi connectivity index (χ0n) is 10.5. The van der Waals surface area contributed by atoms with E-state index >= 15 is 0 Å². The highest BCUT2D eigenvalue weighted by Gasteiger charge is 2.20. The highest BCUT2D eigenvalue weighted by atomic mass is 15.1. The maximum atomic E-state index is 8.94. The molecule has 0 saturated heterocycles. The topological polar surface area (TPSA) is 73.6 Å². The highest BCUT2D eigenvalue weighted by Crippen LogP contribution is 2.22. The summed E-state index contributed by atoms with van der Waals surface area (Å²) in [6.45, 7) is 7.89. The molecule has 0 fully saturated rings. The molecule has 0 saturated carbocycles. The minimum Gasteiger partial charge on any atom is -0.365 e. The normalized spacial score (nSPS) is 14.9. The zero-order valence-corrected chi connectivity index (χ0v) is 10.5. The van der Waals surface area contributed by atoms with Crippen molar-refractivity contribution < 1.29 is 0 Å². The predicted molar refractivity (Wildman–Crippen MR) is 65.5 cm³/mol. The second-order valence-electron chi connectivity index (χ2n) is 5.23. The molecule has 0 aliphatic carbocycles. The predicted octanol–water partition coefficient (Wildman–Crippen LogP) is 1.20. The van der Waals surface area contributed by atoms with Gasteiger partial charge in [-0.1, -0.05) is 0 Å². The van der Waals surface area contributed by atoms with E-state index in [4.69, 9.17) is 5.26 Å². The molecule has 0 bridgehead atoms. The maximum absolute atomic E-state index is 8.94. The summed E-state index contributed by atoms with van der Waals surface area (Å²) in [4.78, 5) is 8.54. The van der Waals surface area contributed by atoms with E-state index in [1.165, 1.54) is 0 Å². The number of nitrogens with zero attached hydrogens (tertiary/aromatic N) is 3. The first-order valence-corrected chi connectivity index (χ1v) is 5.78. The Morgan fingerprint density at radius 1 is 1.35 bits per heavy atom. The van der Waals surface area contributed by atoms with E-state index in [-0.39, 0.29) is 11.4 Å². The molecule has 2 rings (SSSR count). The van der Waals surface area contributed by atoms with E-state index in [2.05, 4.69) is 41.4 Å². The molecule has 0 atom stereocenters. The summed E-state index contributed by atoms with van der Waals surface area (Å²) in [5.41, 5.74) is 2.00.